The summed E-state index contributed by atoms with van der Waals surface area (Å²) in [6.45, 7) is 14.3. The predicted molar refractivity (Wildman–Crippen MR) is 135 cm³/mol. The van der Waals surface area contributed by atoms with Crippen molar-refractivity contribution < 1.29 is 4.79 Å². The molecule has 1 aliphatic heterocycles. The molecule has 32 heavy (non-hydrogen) atoms. The van der Waals surface area contributed by atoms with E-state index in [2.05, 4.69) is 98.1 Å². The molecule has 0 spiro atoms. The highest BCUT2D eigenvalue weighted by atomic mass is 16.2. The first-order valence-electron chi connectivity index (χ1n) is 12.0. The quantitative estimate of drug-likeness (QED) is 0.572. The number of aryl methyl sites for hydroxylation is 1. The van der Waals surface area contributed by atoms with Crippen molar-refractivity contribution in [3.63, 3.8) is 0 Å². The molecule has 174 valence electrons. The molecule has 2 atom stereocenters. The summed E-state index contributed by atoms with van der Waals surface area (Å²) in [5.74, 6) is 1.17. The largest absolute Gasteiger partial charge is 0.378 e. The number of anilines is 1. The summed E-state index contributed by atoms with van der Waals surface area (Å²) < 4.78 is 0. The van der Waals surface area contributed by atoms with Crippen molar-refractivity contribution >= 4 is 11.6 Å². The summed E-state index contributed by atoms with van der Waals surface area (Å²) in [6.07, 6.45) is 0. The Labute approximate surface area is 195 Å². The van der Waals surface area contributed by atoms with E-state index in [9.17, 15) is 4.79 Å². The van der Waals surface area contributed by atoms with Crippen LogP contribution in [0.3, 0.4) is 0 Å². The van der Waals surface area contributed by atoms with Crippen LogP contribution >= 0.6 is 0 Å². The van der Waals surface area contributed by atoms with Gasteiger partial charge in [-0.25, -0.2) is 0 Å². The fourth-order valence-corrected chi connectivity index (χ4v) is 4.76. The fraction of sp³-hybridized carbons (Fsp3) is 0.536. The molecule has 1 heterocycles. The molecular formula is C28H41N3O. The van der Waals surface area contributed by atoms with Crippen LogP contribution in [0.5, 0.6) is 0 Å². The predicted octanol–water partition coefficient (Wildman–Crippen LogP) is 5.17. The molecule has 4 heteroatoms. The summed E-state index contributed by atoms with van der Waals surface area (Å²) in [7, 11) is 4.15. The van der Waals surface area contributed by atoms with Crippen LogP contribution in [0.25, 0.3) is 0 Å². The Morgan fingerprint density at radius 3 is 2.12 bits per heavy atom. The highest BCUT2D eigenvalue weighted by molar-refractivity contribution is 5.78. The van der Waals surface area contributed by atoms with Crippen LogP contribution in [0.2, 0.25) is 0 Å². The SMILES string of the molecule is Cc1ccc([C@H]2CN(Cc3ccc(N(C)C)cc3)C[C@@H]2CN(C(=O)C(C)C)C(C)C)cc1. The van der Waals surface area contributed by atoms with E-state index in [4.69, 9.17) is 0 Å². The number of hydrogen-bond acceptors (Lipinski definition) is 3. The molecule has 2 aromatic carbocycles. The molecule has 3 rings (SSSR count). The zero-order valence-electron chi connectivity index (χ0n) is 21.0. The number of carbonyl (C=O) groups excluding carboxylic acids is 1. The average molecular weight is 436 g/mol. The summed E-state index contributed by atoms with van der Waals surface area (Å²) in [4.78, 5) is 19.7. The molecule has 1 saturated heterocycles. The molecule has 0 N–H and O–H groups in total. The summed E-state index contributed by atoms with van der Waals surface area (Å²) >= 11 is 0. The van der Waals surface area contributed by atoms with Gasteiger partial charge in [0, 0.05) is 63.8 Å². The minimum Gasteiger partial charge on any atom is -0.378 e. The Balaban J connectivity index is 1.80. The van der Waals surface area contributed by atoms with Crippen LogP contribution in [0.4, 0.5) is 5.69 Å². The van der Waals surface area contributed by atoms with Crippen LogP contribution in [-0.2, 0) is 11.3 Å². The van der Waals surface area contributed by atoms with Gasteiger partial charge in [0.05, 0.1) is 0 Å². The number of carbonyl (C=O) groups is 1. The minimum absolute atomic E-state index is 0.0305. The molecule has 0 bridgehead atoms. The molecule has 1 aliphatic rings. The Hall–Kier alpha value is -2.33. The van der Waals surface area contributed by atoms with Crippen molar-refractivity contribution in [3.8, 4) is 0 Å². The molecule has 2 aromatic rings. The van der Waals surface area contributed by atoms with Crippen molar-refractivity contribution in [3.05, 3.63) is 65.2 Å². The van der Waals surface area contributed by atoms with Crippen LogP contribution in [-0.4, -0.2) is 55.5 Å². The van der Waals surface area contributed by atoms with Gasteiger partial charge in [0.1, 0.15) is 0 Å². The van der Waals surface area contributed by atoms with Gasteiger partial charge in [-0.15, -0.1) is 0 Å². The number of likely N-dealkylation sites (tertiary alicyclic amines) is 1. The lowest BCUT2D eigenvalue weighted by molar-refractivity contribution is -0.136. The number of rotatable bonds is 8. The van der Waals surface area contributed by atoms with E-state index < -0.39 is 0 Å². The van der Waals surface area contributed by atoms with Crippen molar-refractivity contribution in [2.45, 2.75) is 53.1 Å². The van der Waals surface area contributed by atoms with Crippen molar-refractivity contribution in [2.75, 3.05) is 38.6 Å². The first-order valence-corrected chi connectivity index (χ1v) is 12.0. The van der Waals surface area contributed by atoms with Crippen LogP contribution in [0.15, 0.2) is 48.5 Å². The van der Waals surface area contributed by atoms with Crippen LogP contribution in [0, 0.1) is 18.8 Å². The normalized spacial score (nSPS) is 19.0. The lowest BCUT2D eigenvalue weighted by Gasteiger charge is -2.33. The van der Waals surface area contributed by atoms with E-state index in [1.165, 1.54) is 22.4 Å². The maximum atomic E-state index is 12.9. The van der Waals surface area contributed by atoms with Gasteiger partial charge in [-0.2, -0.15) is 0 Å². The number of benzene rings is 2. The lowest BCUT2D eigenvalue weighted by atomic mass is 9.87. The Morgan fingerprint density at radius 2 is 1.59 bits per heavy atom. The van der Waals surface area contributed by atoms with Gasteiger partial charge >= 0.3 is 0 Å². The first-order chi connectivity index (χ1) is 15.2. The van der Waals surface area contributed by atoms with Crippen LogP contribution < -0.4 is 4.90 Å². The highest BCUT2D eigenvalue weighted by Crippen LogP contribution is 2.35. The third-order valence-electron chi connectivity index (χ3n) is 6.71. The van der Waals surface area contributed by atoms with Gasteiger partial charge in [-0.1, -0.05) is 55.8 Å². The molecule has 4 nitrogen and oxygen atoms in total. The summed E-state index contributed by atoms with van der Waals surface area (Å²) in [5.41, 5.74) is 5.26. The first kappa shape index (κ1) is 24.3. The average Bonchev–Trinajstić information content (AvgIpc) is 3.14. The summed E-state index contributed by atoms with van der Waals surface area (Å²) in [5, 5.41) is 0. The third kappa shape index (κ3) is 5.92. The van der Waals surface area contributed by atoms with Gasteiger partial charge in [0.15, 0.2) is 0 Å². The lowest BCUT2D eigenvalue weighted by Crippen LogP contribution is -2.43. The molecule has 0 saturated carbocycles. The second-order valence-corrected chi connectivity index (χ2v) is 10.3. The van der Waals surface area contributed by atoms with Crippen molar-refractivity contribution in [2.24, 2.45) is 11.8 Å². The zero-order valence-corrected chi connectivity index (χ0v) is 21.0. The van der Waals surface area contributed by atoms with E-state index in [-0.39, 0.29) is 17.9 Å². The monoisotopic (exact) mass is 435 g/mol. The number of amides is 1. The van der Waals surface area contributed by atoms with Gasteiger partial charge in [0.2, 0.25) is 5.91 Å². The topological polar surface area (TPSA) is 26.8 Å². The van der Waals surface area contributed by atoms with E-state index in [0.29, 0.717) is 11.8 Å². The minimum atomic E-state index is 0.0305. The fourth-order valence-electron chi connectivity index (χ4n) is 4.76. The molecule has 0 unspecified atom stereocenters. The molecule has 0 aliphatic carbocycles. The van der Waals surface area contributed by atoms with E-state index in [0.717, 1.165) is 26.2 Å². The molecular weight excluding hydrogens is 394 g/mol. The van der Waals surface area contributed by atoms with Gasteiger partial charge in [-0.3, -0.25) is 9.69 Å². The van der Waals surface area contributed by atoms with Crippen molar-refractivity contribution in [1.29, 1.82) is 0 Å². The molecule has 1 amide bonds. The Morgan fingerprint density at radius 1 is 0.969 bits per heavy atom. The van der Waals surface area contributed by atoms with Crippen LogP contribution in [0.1, 0.15) is 50.3 Å². The van der Waals surface area contributed by atoms with Crippen molar-refractivity contribution in [1.82, 2.24) is 9.80 Å². The van der Waals surface area contributed by atoms with E-state index in [1.807, 2.05) is 13.8 Å². The second kappa shape index (κ2) is 10.5. The summed E-state index contributed by atoms with van der Waals surface area (Å²) in [6, 6.07) is 18.1. The van der Waals surface area contributed by atoms with Gasteiger partial charge in [0.25, 0.3) is 0 Å². The smallest absolute Gasteiger partial charge is 0.225 e. The van der Waals surface area contributed by atoms with E-state index >= 15 is 0 Å². The molecule has 0 aromatic heterocycles. The van der Waals surface area contributed by atoms with Gasteiger partial charge in [-0.05, 0) is 49.9 Å². The molecule has 0 radical (unpaired) electrons. The Kier molecular flexibility index (Phi) is 8.00. The second-order valence-electron chi connectivity index (χ2n) is 10.3. The third-order valence-corrected chi connectivity index (χ3v) is 6.71. The number of nitrogens with zero attached hydrogens (tertiary/aromatic N) is 3. The maximum Gasteiger partial charge on any atom is 0.225 e. The molecule has 1 fully saturated rings. The standard InChI is InChI=1S/C28H41N3O/c1-20(2)28(32)31(21(3)4)18-25-17-30(16-23-10-14-26(15-11-23)29(6)7)19-27(25)24-12-8-22(5)9-13-24/h8-15,20-21,25,27H,16-19H2,1-7H3/t25-,27-/m1/s1. The van der Waals surface area contributed by atoms with Gasteiger partial charge < -0.3 is 9.80 Å². The van der Waals surface area contributed by atoms with E-state index in [1.54, 1.807) is 0 Å². The zero-order chi connectivity index (χ0) is 23.4. The highest BCUT2D eigenvalue weighted by Gasteiger charge is 2.36. The number of hydrogen-bond donors (Lipinski definition) is 0. The Bertz CT molecular complexity index is 871. The maximum absolute atomic E-state index is 12.9.